The quantitative estimate of drug-likeness (QED) is 0.387. The van der Waals surface area contributed by atoms with Gasteiger partial charge in [0.15, 0.2) is 0 Å². The first-order chi connectivity index (χ1) is 15.9. The second-order valence-corrected chi connectivity index (χ2v) is 8.48. The Kier molecular flexibility index (Phi) is 7.42. The summed E-state index contributed by atoms with van der Waals surface area (Å²) >= 11 is 12.6. The van der Waals surface area contributed by atoms with Crippen LogP contribution in [0.4, 0.5) is 8.78 Å². The normalized spacial score (nSPS) is 17.0. The Hall–Kier alpha value is -2.74. The number of nitrogens with zero attached hydrogens (tertiary/aromatic N) is 2. The van der Waals surface area contributed by atoms with Crippen LogP contribution in [0.1, 0.15) is 30.4 Å². The lowest BCUT2D eigenvalue weighted by Gasteiger charge is -2.16. The molecule has 0 aliphatic carbocycles. The maximum atomic E-state index is 14.8. The van der Waals surface area contributed by atoms with Gasteiger partial charge in [0.25, 0.3) is 5.56 Å². The summed E-state index contributed by atoms with van der Waals surface area (Å²) in [6.45, 7) is 1.68. The van der Waals surface area contributed by atoms with Gasteiger partial charge in [-0.15, -0.1) is 0 Å². The third kappa shape index (κ3) is 5.43. The molecule has 1 aromatic heterocycles. The van der Waals surface area contributed by atoms with Gasteiger partial charge in [-0.1, -0.05) is 34.4 Å². The van der Waals surface area contributed by atoms with Crippen molar-refractivity contribution < 1.29 is 13.6 Å². The summed E-state index contributed by atoms with van der Waals surface area (Å²) in [5.41, 5.74) is 0.453. The summed E-state index contributed by atoms with van der Waals surface area (Å²) in [7, 11) is 0. The number of pyridine rings is 1. The molecule has 0 spiro atoms. The molecular weight excluding hydrogens is 471 g/mol. The number of hydrogen-bond donors (Lipinski definition) is 1. The van der Waals surface area contributed by atoms with Crippen molar-refractivity contribution in [2.24, 2.45) is 5.16 Å². The number of hydrogen-bond acceptors (Lipinski definition) is 4. The topological polar surface area (TPSA) is 55.6 Å². The average Bonchev–Trinajstić information content (AvgIpc) is 3.05. The monoisotopic (exact) mass is 491 g/mol. The van der Waals surface area contributed by atoms with E-state index in [-0.39, 0.29) is 33.0 Å². The van der Waals surface area contributed by atoms with Gasteiger partial charge in [0.05, 0.1) is 15.7 Å². The summed E-state index contributed by atoms with van der Waals surface area (Å²) in [4.78, 5) is 18.4. The molecule has 172 valence electrons. The van der Waals surface area contributed by atoms with Gasteiger partial charge in [0, 0.05) is 29.5 Å². The molecule has 1 atom stereocenters. The molecule has 0 radical (unpaired) electrons. The highest BCUT2D eigenvalue weighted by atomic mass is 35.5. The van der Waals surface area contributed by atoms with Crippen molar-refractivity contribution in [3.63, 3.8) is 0 Å². The lowest BCUT2D eigenvalue weighted by molar-refractivity contribution is 0.0510. The van der Waals surface area contributed by atoms with Crippen molar-refractivity contribution >= 4 is 28.9 Å². The fourth-order valence-corrected chi connectivity index (χ4v) is 4.26. The second kappa shape index (κ2) is 10.5. The molecule has 9 heteroatoms. The van der Waals surface area contributed by atoms with Gasteiger partial charge in [-0.05, 0) is 62.7 Å². The minimum atomic E-state index is -0.798. The summed E-state index contributed by atoms with van der Waals surface area (Å²) in [5.74, 6) is -1.51. The third-order valence-electron chi connectivity index (χ3n) is 5.37. The van der Waals surface area contributed by atoms with Crippen LogP contribution in [-0.2, 0) is 4.84 Å². The van der Waals surface area contributed by atoms with Crippen LogP contribution >= 0.6 is 23.2 Å². The highest BCUT2D eigenvalue weighted by Gasteiger charge is 2.19. The smallest absolute Gasteiger partial charge is 0.255 e. The molecule has 2 aromatic carbocycles. The molecule has 33 heavy (non-hydrogen) atoms. The van der Waals surface area contributed by atoms with Gasteiger partial charge >= 0.3 is 0 Å². The van der Waals surface area contributed by atoms with Crippen LogP contribution in [0.2, 0.25) is 10.0 Å². The lowest BCUT2D eigenvalue weighted by Crippen LogP contribution is -2.21. The molecule has 1 aliphatic rings. The Morgan fingerprint density at radius 1 is 1.06 bits per heavy atom. The van der Waals surface area contributed by atoms with Crippen molar-refractivity contribution in [2.45, 2.75) is 25.4 Å². The molecule has 1 unspecified atom stereocenters. The van der Waals surface area contributed by atoms with Gasteiger partial charge < -0.3 is 10.2 Å². The first-order valence-electron chi connectivity index (χ1n) is 10.5. The Balaban J connectivity index is 1.82. The highest BCUT2D eigenvalue weighted by molar-refractivity contribution is 6.37. The molecule has 3 aromatic rings. The summed E-state index contributed by atoms with van der Waals surface area (Å²) in [6, 6.07) is 10.9. The maximum absolute atomic E-state index is 14.8. The summed E-state index contributed by atoms with van der Waals surface area (Å²) in [6.07, 6.45) is 3.79. The summed E-state index contributed by atoms with van der Waals surface area (Å²) in [5, 5.41) is 8.11. The van der Waals surface area contributed by atoms with Crippen LogP contribution in [0.15, 0.2) is 64.7 Å². The molecule has 0 saturated carbocycles. The Bertz CT molecular complexity index is 1220. The second-order valence-electron chi connectivity index (χ2n) is 7.67. The van der Waals surface area contributed by atoms with E-state index in [0.29, 0.717) is 11.3 Å². The van der Waals surface area contributed by atoms with Crippen molar-refractivity contribution in [3.05, 3.63) is 97.9 Å². The number of rotatable bonds is 5. The number of halogens is 4. The molecular formula is C24H21Cl2F2N3O2. The van der Waals surface area contributed by atoms with Crippen LogP contribution in [0, 0.1) is 11.6 Å². The SMILES string of the molecule is O=c1ccc(C(=NOC2CCCNCC2)c2ccc(F)cc2F)cn1-c1c(Cl)cccc1Cl. The van der Waals surface area contributed by atoms with Crippen LogP contribution in [0.5, 0.6) is 0 Å². The Morgan fingerprint density at radius 2 is 1.85 bits per heavy atom. The van der Waals surface area contributed by atoms with Crippen LogP contribution in [0.3, 0.4) is 0 Å². The third-order valence-corrected chi connectivity index (χ3v) is 5.98. The molecule has 0 amide bonds. The van der Waals surface area contributed by atoms with Crippen molar-refractivity contribution in [1.29, 1.82) is 0 Å². The Labute approximate surface area is 199 Å². The molecule has 1 aliphatic heterocycles. The maximum Gasteiger partial charge on any atom is 0.255 e. The lowest BCUT2D eigenvalue weighted by atomic mass is 10.0. The van der Waals surface area contributed by atoms with Gasteiger partial charge in [-0.25, -0.2) is 8.78 Å². The molecule has 5 nitrogen and oxygen atoms in total. The average molecular weight is 492 g/mol. The van der Waals surface area contributed by atoms with Gasteiger partial charge in [0.2, 0.25) is 0 Å². The molecule has 2 heterocycles. The molecule has 4 rings (SSSR count). The zero-order chi connectivity index (χ0) is 23.4. The van der Waals surface area contributed by atoms with E-state index in [1.165, 1.54) is 29.0 Å². The predicted octanol–water partition coefficient (Wildman–Crippen LogP) is 5.33. The van der Waals surface area contributed by atoms with E-state index in [4.69, 9.17) is 28.0 Å². The van der Waals surface area contributed by atoms with Gasteiger partial charge in [-0.3, -0.25) is 9.36 Å². The van der Waals surface area contributed by atoms with Crippen molar-refractivity contribution in [3.8, 4) is 5.69 Å². The highest BCUT2D eigenvalue weighted by Crippen LogP contribution is 2.28. The van der Waals surface area contributed by atoms with E-state index < -0.39 is 11.6 Å². The number of benzene rings is 2. The van der Waals surface area contributed by atoms with Crippen LogP contribution in [-0.4, -0.2) is 29.5 Å². The largest absolute Gasteiger partial charge is 0.392 e. The van der Waals surface area contributed by atoms with Crippen LogP contribution < -0.4 is 10.9 Å². The van der Waals surface area contributed by atoms with E-state index in [1.807, 2.05) is 0 Å². The number of aromatic nitrogens is 1. The van der Waals surface area contributed by atoms with E-state index in [2.05, 4.69) is 10.5 Å². The van der Waals surface area contributed by atoms with E-state index in [1.54, 1.807) is 18.2 Å². The van der Waals surface area contributed by atoms with Gasteiger partial charge in [0.1, 0.15) is 23.5 Å². The van der Waals surface area contributed by atoms with Crippen molar-refractivity contribution in [1.82, 2.24) is 9.88 Å². The molecule has 0 bridgehead atoms. The summed E-state index contributed by atoms with van der Waals surface area (Å²) < 4.78 is 29.6. The number of nitrogens with one attached hydrogen (secondary N) is 1. The predicted molar refractivity (Wildman–Crippen MR) is 126 cm³/mol. The Morgan fingerprint density at radius 3 is 2.61 bits per heavy atom. The number of oxime groups is 1. The molecule has 1 fully saturated rings. The first kappa shape index (κ1) is 23.4. The van der Waals surface area contributed by atoms with Gasteiger partial charge in [-0.2, -0.15) is 0 Å². The van der Waals surface area contributed by atoms with E-state index in [9.17, 15) is 13.6 Å². The van der Waals surface area contributed by atoms with E-state index >= 15 is 0 Å². The fraction of sp³-hybridized carbons (Fsp3) is 0.250. The van der Waals surface area contributed by atoms with E-state index in [0.717, 1.165) is 44.5 Å². The minimum absolute atomic E-state index is 0.0404. The van der Waals surface area contributed by atoms with Crippen LogP contribution in [0.25, 0.3) is 5.69 Å². The fourth-order valence-electron chi connectivity index (χ4n) is 3.68. The first-order valence-corrected chi connectivity index (χ1v) is 11.3. The zero-order valence-corrected chi connectivity index (χ0v) is 19.0. The standard InChI is InChI=1S/C24H21Cl2F2N3O2/c25-19-4-1-5-20(26)24(19)31-14-15(6-9-22(31)32)23(18-8-7-16(27)13-21(18)28)30-33-17-3-2-11-29-12-10-17/h1,4-9,13-14,17,29H,2-3,10-12H2. The molecule has 1 saturated heterocycles. The number of para-hydroxylation sites is 1. The molecule has 1 N–H and O–H groups in total. The minimum Gasteiger partial charge on any atom is -0.392 e. The zero-order valence-electron chi connectivity index (χ0n) is 17.5. The van der Waals surface area contributed by atoms with Crippen molar-refractivity contribution in [2.75, 3.05) is 13.1 Å².